The number of rotatable bonds is 6. The van der Waals surface area contributed by atoms with Gasteiger partial charge in [0.05, 0.1) is 13.0 Å². The number of methoxy groups -OCH3 is 1. The van der Waals surface area contributed by atoms with Gasteiger partial charge in [-0.1, -0.05) is 12.1 Å². The van der Waals surface area contributed by atoms with Gasteiger partial charge in [-0.25, -0.2) is 0 Å². The Bertz CT molecular complexity index is 754. The molecule has 2 saturated heterocycles. The summed E-state index contributed by atoms with van der Waals surface area (Å²) in [4.78, 5) is 27.4. The van der Waals surface area contributed by atoms with Crippen molar-refractivity contribution in [3.05, 3.63) is 29.8 Å². The van der Waals surface area contributed by atoms with E-state index in [1.54, 1.807) is 7.11 Å². The minimum absolute atomic E-state index is 0.122. The van der Waals surface area contributed by atoms with Crippen LogP contribution in [0.15, 0.2) is 24.3 Å². The molecule has 0 saturated carbocycles. The summed E-state index contributed by atoms with van der Waals surface area (Å²) in [6.45, 7) is -0.117. The quantitative estimate of drug-likeness (QED) is 0.758. The van der Waals surface area contributed by atoms with Crippen LogP contribution >= 0.6 is 0 Å². The molecule has 9 heteroatoms. The van der Waals surface area contributed by atoms with Gasteiger partial charge in [0.1, 0.15) is 12.3 Å². The first-order chi connectivity index (χ1) is 14.2. The highest BCUT2D eigenvalue weighted by atomic mass is 19.4. The first-order valence-electron chi connectivity index (χ1n) is 10.1. The van der Waals surface area contributed by atoms with Gasteiger partial charge in [0, 0.05) is 25.6 Å². The zero-order valence-electron chi connectivity index (χ0n) is 17.2. The Labute approximate surface area is 174 Å². The van der Waals surface area contributed by atoms with Crippen LogP contribution in [0.25, 0.3) is 0 Å². The molecule has 1 aromatic rings. The second-order valence-electron chi connectivity index (χ2n) is 8.14. The van der Waals surface area contributed by atoms with Crippen LogP contribution in [0.1, 0.15) is 30.9 Å². The molecule has 2 fully saturated rings. The average Bonchev–Trinajstić information content (AvgIpc) is 3.05. The zero-order chi connectivity index (χ0) is 21.9. The van der Waals surface area contributed by atoms with E-state index in [0.29, 0.717) is 6.54 Å². The Morgan fingerprint density at radius 3 is 2.60 bits per heavy atom. The molecule has 2 aliphatic heterocycles. The zero-order valence-corrected chi connectivity index (χ0v) is 17.2. The van der Waals surface area contributed by atoms with Crippen molar-refractivity contribution in [3.63, 3.8) is 0 Å². The molecule has 0 spiro atoms. The molecule has 1 N–H and O–H groups in total. The smallest absolute Gasteiger partial charge is 0.406 e. The summed E-state index contributed by atoms with van der Waals surface area (Å²) in [6.07, 6.45) is -2.69. The first-order valence-corrected chi connectivity index (χ1v) is 10.1. The van der Waals surface area contributed by atoms with E-state index in [2.05, 4.69) is 10.2 Å². The number of carbonyl (C=O) groups excluding carboxylic acids is 2. The number of hydrogen-bond donors (Lipinski definition) is 1. The monoisotopic (exact) mass is 427 g/mol. The number of amides is 2. The summed E-state index contributed by atoms with van der Waals surface area (Å²) >= 11 is 0. The molecule has 0 radical (unpaired) electrons. The summed E-state index contributed by atoms with van der Waals surface area (Å²) < 4.78 is 43.0. The molecule has 2 amide bonds. The SMILES string of the molecule is COc1ccc(C2C(CNC(=O)C3CC(=O)N(CC(F)(F)F)C3)CCCN2C)cc1. The largest absolute Gasteiger partial charge is 0.497 e. The summed E-state index contributed by atoms with van der Waals surface area (Å²) in [5, 5.41) is 2.89. The van der Waals surface area contributed by atoms with E-state index in [-0.39, 0.29) is 30.8 Å². The number of benzene rings is 1. The van der Waals surface area contributed by atoms with Gasteiger partial charge in [-0.05, 0) is 50.0 Å². The van der Waals surface area contributed by atoms with E-state index in [1.807, 2.05) is 31.3 Å². The number of piperidine rings is 1. The minimum Gasteiger partial charge on any atom is -0.497 e. The lowest BCUT2D eigenvalue weighted by Crippen LogP contribution is -2.43. The summed E-state index contributed by atoms with van der Waals surface area (Å²) in [5.74, 6) is -0.767. The van der Waals surface area contributed by atoms with Gasteiger partial charge in [0.25, 0.3) is 0 Å². The molecule has 30 heavy (non-hydrogen) atoms. The number of alkyl halides is 3. The number of nitrogens with one attached hydrogen (secondary N) is 1. The Balaban J connectivity index is 1.60. The minimum atomic E-state index is -4.46. The lowest BCUT2D eigenvalue weighted by atomic mass is 9.84. The molecule has 1 aromatic carbocycles. The molecule has 3 unspecified atom stereocenters. The lowest BCUT2D eigenvalue weighted by molar-refractivity contribution is -0.157. The van der Waals surface area contributed by atoms with Crippen LogP contribution in [0, 0.1) is 11.8 Å². The van der Waals surface area contributed by atoms with Crippen molar-refractivity contribution >= 4 is 11.8 Å². The van der Waals surface area contributed by atoms with Crippen molar-refractivity contribution in [1.29, 1.82) is 0 Å². The highest BCUT2D eigenvalue weighted by molar-refractivity contribution is 5.89. The summed E-state index contributed by atoms with van der Waals surface area (Å²) in [6, 6.07) is 7.98. The van der Waals surface area contributed by atoms with Crippen LogP contribution < -0.4 is 10.1 Å². The third kappa shape index (κ3) is 5.44. The van der Waals surface area contributed by atoms with Crippen LogP contribution in [0.2, 0.25) is 0 Å². The Hall–Kier alpha value is -2.29. The normalized spacial score (nSPS) is 25.4. The number of ether oxygens (including phenoxy) is 1. The predicted molar refractivity (Wildman–Crippen MR) is 105 cm³/mol. The maximum atomic E-state index is 12.6. The molecule has 0 aliphatic carbocycles. The van der Waals surface area contributed by atoms with Crippen LogP contribution in [-0.2, 0) is 9.59 Å². The second-order valence-corrected chi connectivity index (χ2v) is 8.14. The van der Waals surface area contributed by atoms with Crippen LogP contribution in [-0.4, -0.2) is 68.1 Å². The fraction of sp³-hybridized carbons (Fsp3) is 0.619. The number of halogens is 3. The van der Waals surface area contributed by atoms with Crippen LogP contribution in [0.3, 0.4) is 0 Å². The van der Waals surface area contributed by atoms with Crippen LogP contribution in [0.4, 0.5) is 13.2 Å². The number of hydrogen-bond acceptors (Lipinski definition) is 4. The van der Waals surface area contributed by atoms with Gasteiger partial charge >= 0.3 is 6.18 Å². The van der Waals surface area contributed by atoms with Crippen molar-refractivity contribution in [1.82, 2.24) is 15.1 Å². The van der Waals surface area contributed by atoms with E-state index >= 15 is 0 Å². The molecular formula is C21H28F3N3O3. The third-order valence-electron chi connectivity index (χ3n) is 5.96. The first kappa shape index (κ1) is 22.4. The van der Waals surface area contributed by atoms with E-state index in [4.69, 9.17) is 4.74 Å². The fourth-order valence-corrected chi connectivity index (χ4v) is 4.49. The van der Waals surface area contributed by atoms with Crippen molar-refractivity contribution in [2.45, 2.75) is 31.5 Å². The highest BCUT2D eigenvalue weighted by Crippen LogP contribution is 2.35. The third-order valence-corrected chi connectivity index (χ3v) is 5.96. The van der Waals surface area contributed by atoms with Gasteiger partial charge in [0.15, 0.2) is 0 Å². The lowest BCUT2D eigenvalue weighted by Gasteiger charge is -2.39. The van der Waals surface area contributed by atoms with E-state index in [9.17, 15) is 22.8 Å². The summed E-state index contributed by atoms with van der Waals surface area (Å²) in [5.41, 5.74) is 1.13. The van der Waals surface area contributed by atoms with Gasteiger partial charge in [-0.15, -0.1) is 0 Å². The van der Waals surface area contributed by atoms with Gasteiger partial charge < -0.3 is 15.0 Å². The highest BCUT2D eigenvalue weighted by Gasteiger charge is 2.41. The van der Waals surface area contributed by atoms with E-state index in [0.717, 1.165) is 35.6 Å². The molecule has 2 heterocycles. The average molecular weight is 427 g/mol. The van der Waals surface area contributed by atoms with Gasteiger partial charge in [0.2, 0.25) is 11.8 Å². The molecule has 0 aromatic heterocycles. The Morgan fingerprint density at radius 2 is 1.97 bits per heavy atom. The molecule has 2 aliphatic rings. The molecule has 166 valence electrons. The maximum Gasteiger partial charge on any atom is 0.406 e. The molecule has 3 atom stereocenters. The fourth-order valence-electron chi connectivity index (χ4n) is 4.49. The Kier molecular flexibility index (Phi) is 6.90. The molecular weight excluding hydrogens is 399 g/mol. The number of carbonyl (C=O) groups is 2. The van der Waals surface area contributed by atoms with Gasteiger partial charge in [-0.3, -0.25) is 14.5 Å². The summed E-state index contributed by atoms with van der Waals surface area (Å²) in [7, 11) is 3.66. The molecule has 0 bridgehead atoms. The molecule has 3 rings (SSSR count). The van der Waals surface area contributed by atoms with Crippen molar-refractivity contribution in [3.8, 4) is 5.75 Å². The predicted octanol–water partition coefficient (Wildman–Crippen LogP) is 2.61. The van der Waals surface area contributed by atoms with E-state index in [1.165, 1.54) is 0 Å². The maximum absolute atomic E-state index is 12.6. The topological polar surface area (TPSA) is 61.9 Å². The number of likely N-dealkylation sites (tertiary alicyclic amines) is 2. The van der Waals surface area contributed by atoms with Crippen molar-refractivity contribution < 1.29 is 27.5 Å². The van der Waals surface area contributed by atoms with Crippen molar-refractivity contribution in [2.75, 3.05) is 40.3 Å². The number of nitrogens with zero attached hydrogens (tertiary/aromatic N) is 2. The van der Waals surface area contributed by atoms with Gasteiger partial charge in [-0.2, -0.15) is 13.2 Å². The standard InChI is InChI=1S/C21H28F3N3O3/c1-26-9-3-4-15(19(26)14-5-7-17(30-2)8-6-14)11-25-20(29)16-10-18(28)27(12-16)13-21(22,23)24/h5-8,15-16,19H,3-4,9-13H2,1-2H3,(H,25,29). The van der Waals surface area contributed by atoms with Crippen LogP contribution in [0.5, 0.6) is 5.75 Å². The van der Waals surface area contributed by atoms with Crippen molar-refractivity contribution in [2.24, 2.45) is 11.8 Å². The molecule has 6 nitrogen and oxygen atoms in total. The Morgan fingerprint density at radius 1 is 1.27 bits per heavy atom. The van der Waals surface area contributed by atoms with E-state index < -0.39 is 24.5 Å². The second kappa shape index (κ2) is 9.24.